The molecule has 12 heavy (non-hydrogen) atoms. The first kappa shape index (κ1) is 9.93. The normalized spacial score (nSPS) is 10.2. The molecule has 0 aliphatic rings. The molecular weight excluding hydrogens is 186 g/mol. The molecule has 0 aromatic carbocycles. The van der Waals surface area contributed by atoms with Gasteiger partial charge in [0.15, 0.2) is 0 Å². The molecule has 0 radical (unpaired) electrons. The molecule has 0 amide bonds. The molecule has 1 rings (SSSR count). The first-order valence-corrected chi connectivity index (χ1v) is 6.58. The molecule has 66 valence electrons. The van der Waals surface area contributed by atoms with Crippen LogP contribution in [0.1, 0.15) is 11.4 Å². The molecule has 1 aromatic heterocycles. The van der Waals surface area contributed by atoms with E-state index in [9.17, 15) is 0 Å². The van der Waals surface area contributed by atoms with Crippen molar-refractivity contribution in [2.75, 3.05) is 12.5 Å². The molecule has 3 heteroatoms. The van der Waals surface area contributed by atoms with Crippen LogP contribution < -0.4 is 0 Å². The Morgan fingerprint density at radius 2 is 1.58 bits per heavy atom. The molecule has 0 spiro atoms. The number of aromatic nitrogens is 1. The molecule has 1 heterocycles. The summed E-state index contributed by atoms with van der Waals surface area (Å²) in [6, 6.07) is 6.25. The lowest BCUT2D eigenvalue weighted by atomic mass is 10.3. The highest BCUT2D eigenvalue weighted by Crippen LogP contribution is 2.10. The number of hydrogen-bond acceptors (Lipinski definition) is 3. The molecule has 0 N–H and O–H groups in total. The van der Waals surface area contributed by atoms with E-state index >= 15 is 0 Å². The third kappa shape index (κ3) is 3.07. The second-order valence-electron chi connectivity index (χ2n) is 2.49. The van der Waals surface area contributed by atoms with Gasteiger partial charge in [0.05, 0.1) is 11.4 Å². The van der Waals surface area contributed by atoms with E-state index in [0.717, 1.165) is 11.5 Å². The van der Waals surface area contributed by atoms with Gasteiger partial charge in [-0.25, -0.2) is 0 Å². The van der Waals surface area contributed by atoms with E-state index in [1.54, 1.807) is 0 Å². The molecule has 1 aromatic rings. The fourth-order valence-corrected chi connectivity index (χ4v) is 1.90. The molecule has 1 nitrogen and oxygen atoms in total. The predicted molar refractivity (Wildman–Crippen MR) is 58.7 cm³/mol. The van der Waals surface area contributed by atoms with Gasteiger partial charge in [0.2, 0.25) is 0 Å². The quantitative estimate of drug-likeness (QED) is 0.740. The molecular formula is C9H13NS2. The third-order valence-corrected chi connectivity index (χ3v) is 2.62. The minimum atomic E-state index is 1.02. The Labute approximate surface area is 82.4 Å². The predicted octanol–water partition coefficient (Wildman–Crippen LogP) is 2.81. The van der Waals surface area contributed by atoms with Crippen LogP contribution in [0.5, 0.6) is 0 Å². The smallest absolute Gasteiger partial charge is 0.0506 e. The summed E-state index contributed by atoms with van der Waals surface area (Å²) < 4.78 is 0. The Balaban J connectivity index is 2.67. The Bertz CT molecular complexity index is 216. The van der Waals surface area contributed by atoms with Crippen LogP contribution in [0.2, 0.25) is 0 Å². The van der Waals surface area contributed by atoms with Crippen molar-refractivity contribution < 1.29 is 0 Å². The summed E-state index contributed by atoms with van der Waals surface area (Å²) >= 11 is 3.62. The van der Waals surface area contributed by atoms with E-state index in [1.165, 1.54) is 11.4 Å². The molecule has 0 unspecified atom stereocenters. The molecule has 0 aliphatic carbocycles. The van der Waals surface area contributed by atoms with Gasteiger partial charge in [0, 0.05) is 11.5 Å². The van der Waals surface area contributed by atoms with Gasteiger partial charge < -0.3 is 0 Å². The average molecular weight is 199 g/mol. The zero-order valence-corrected chi connectivity index (χ0v) is 9.04. The Kier molecular flexibility index (Phi) is 4.54. The Hall–Kier alpha value is -0.150. The zero-order valence-electron chi connectivity index (χ0n) is 7.41. The van der Waals surface area contributed by atoms with Gasteiger partial charge in [-0.1, -0.05) is 6.07 Å². The van der Waals surface area contributed by atoms with Crippen molar-refractivity contribution in [3.63, 3.8) is 0 Å². The Morgan fingerprint density at radius 3 is 2.00 bits per heavy atom. The zero-order chi connectivity index (χ0) is 8.81. The van der Waals surface area contributed by atoms with Crippen LogP contribution in [0.25, 0.3) is 0 Å². The van der Waals surface area contributed by atoms with E-state index in [1.807, 2.05) is 23.5 Å². The maximum absolute atomic E-state index is 4.51. The summed E-state index contributed by atoms with van der Waals surface area (Å²) in [6.45, 7) is 0. The minimum Gasteiger partial charge on any atom is -0.256 e. The van der Waals surface area contributed by atoms with Crippen LogP contribution in [0, 0.1) is 0 Å². The summed E-state index contributed by atoms with van der Waals surface area (Å²) in [5, 5.41) is 0. The van der Waals surface area contributed by atoms with E-state index in [2.05, 4.69) is 35.7 Å². The van der Waals surface area contributed by atoms with E-state index in [-0.39, 0.29) is 0 Å². The van der Waals surface area contributed by atoms with Gasteiger partial charge in [-0.2, -0.15) is 23.5 Å². The number of rotatable bonds is 4. The standard InChI is InChI=1S/C9H13NS2/c1-11-6-8-4-3-5-9(10-8)7-12-2/h3-5H,6-7H2,1-2H3. The SMILES string of the molecule is CSCc1cccc(CSC)n1. The van der Waals surface area contributed by atoms with Gasteiger partial charge in [-0.15, -0.1) is 0 Å². The summed E-state index contributed by atoms with van der Waals surface area (Å²) in [5.41, 5.74) is 2.38. The lowest BCUT2D eigenvalue weighted by molar-refractivity contribution is 1.09. The monoisotopic (exact) mass is 199 g/mol. The van der Waals surface area contributed by atoms with Crippen molar-refractivity contribution in [1.29, 1.82) is 0 Å². The largest absolute Gasteiger partial charge is 0.256 e. The Morgan fingerprint density at radius 1 is 1.08 bits per heavy atom. The number of nitrogens with zero attached hydrogens (tertiary/aromatic N) is 1. The highest BCUT2D eigenvalue weighted by molar-refractivity contribution is 7.98. The van der Waals surface area contributed by atoms with Crippen molar-refractivity contribution in [3.8, 4) is 0 Å². The number of pyridine rings is 1. The topological polar surface area (TPSA) is 12.9 Å². The van der Waals surface area contributed by atoms with Crippen molar-refractivity contribution >= 4 is 23.5 Å². The van der Waals surface area contributed by atoms with Crippen LogP contribution >= 0.6 is 23.5 Å². The molecule has 0 fully saturated rings. The van der Waals surface area contributed by atoms with E-state index in [4.69, 9.17) is 0 Å². The van der Waals surface area contributed by atoms with Crippen LogP contribution in [0.15, 0.2) is 18.2 Å². The van der Waals surface area contributed by atoms with Crippen molar-refractivity contribution in [2.24, 2.45) is 0 Å². The maximum atomic E-state index is 4.51. The summed E-state index contributed by atoms with van der Waals surface area (Å²) in [5.74, 6) is 2.03. The summed E-state index contributed by atoms with van der Waals surface area (Å²) in [4.78, 5) is 4.51. The summed E-state index contributed by atoms with van der Waals surface area (Å²) in [6.07, 6.45) is 4.20. The van der Waals surface area contributed by atoms with Crippen molar-refractivity contribution in [1.82, 2.24) is 4.98 Å². The fourth-order valence-electron chi connectivity index (χ4n) is 0.986. The van der Waals surface area contributed by atoms with Crippen LogP contribution in [-0.4, -0.2) is 17.5 Å². The fraction of sp³-hybridized carbons (Fsp3) is 0.444. The second kappa shape index (κ2) is 5.49. The van der Waals surface area contributed by atoms with E-state index in [0.29, 0.717) is 0 Å². The maximum Gasteiger partial charge on any atom is 0.0506 e. The van der Waals surface area contributed by atoms with Gasteiger partial charge >= 0.3 is 0 Å². The highest BCUT2D eigenvalue weighted by atomic mass is 32.2. The lowest BCUT2D eigenvalue weighted by Crippen LogP contribution is -1.91. The lowest BCUT2D eigenvalue weighted by Gasteiger charge is -2.00. The molecule has 0 saturated carbocycles. The average Bonchev–Trinajstić information content (AvgIpc) is 2.06. The molecule has 0 aliphatic heterocycles. The number of thioether (sulfide) groups is 2. The highest BCUT2D eigenvalue weighted by Gasteiger charge is 1.95. The van der Waals surface area contributed by atoms with Crippen LogP contribution in [0.3, 0.4) is 0 Å². The molecule has 0 bridgehead atoms. The first-order valence-electron chi connectivity index (χ1n) is 3.79. The first-order chi connectivity index (χ1) is 5.86. The van der Waals surface area contributed by atoms with Gasteiger partial charge in [-0.05, 0) is 24.6 Å². The number of hydrogen-bond donors (Lipinski definition) is 0. The molecule has 0 saturated heterocycles. The van der Waals surface area contributed by atoms with Gasteiger partial charge in [-0.3, -0.25) is 4.98 Å². The molecule has 0 atom stereocenters. The van der Waals surface area contributed by atoms with Gasteiger partial charge in [0.25, 0.3) is 0 Å². The van der Waals surface area contributed by atoms with Crippen molar-refractivity contribution in [3.05, 3.63) is 29.6 Å². The second-order valence-corrected chi connectivity index (χ2v) is 4.22. The van der Waals surface area contributed by atoms with Crippen LogP contribution in [0.4, 0.5) is 0 Å². The van der Waals surface area contributed by atoms with Gasteiger partial charge in [0.1, 0.15) is 0 Å². The van der Waals surface area contributed by atoms with Crippen LogP contribution in [-0.2, 0) is 11.5 Å². The summed E-state index contributed by atoms with van der Waals surface area (Å²) in [7, 11) is 0. The minimum absolute atomic E-state index is 1.02. The van der Waals surface area contributed by atoms with E-state index < -0.39 is 0 Å². The third-order valence-electron chi connectivity index (χ3n) is 1.45. The van der Waals surface area contributed by atoms with Crippen molar-refractivity contribution in [2.45, 2.75) is 11.5 Å².